The van der Waals surface area contributed by atoms with Gasteiger partial charge in [-0.05, 0) is 26.3 Å². The molecule has 0 aliphatic carbocycles. The van der Waals surface area contributed by atoms with Crippen LogP contribution in [0.15, 0.2) is 29.3 Å². The number of benzene rings is 2. The second kappa shape index (κ2) is 5.71. The summed E-state index contributed by atoms with van der Waals surface area (Å²) in [7, 11) is 0. The minimum atomic E-state index is 0.106. The molecule has 0 atom stereocenters. The Hall–Kier alpha value is -2.07. The lowest BCUT2D eigenvalue weighted by Crippen LogP contribution is -1.97. The van der Waals surface area contributed by atoms with E-state index in [0.29, 0.717) is 28.6 Å². The third kappa shape index (κ3) is 2.53. The van der Waals surface area contributed by atoms with Crippen molar-refractivity contribution < 1.29 is 10.2 Å². The summed E-state index contributed by atoms with van der Waals surface area (Å²) < 4.78 is 0. The quantitative estimate of drug-likeness (QED) is 0.448. The zero-order chi connectivity index (χ0) is 13.8. The van der Waals surface area contributed by atoms with Crippen LogP contribution >= 0.6 is 0 Å². The molecule has 0 spiro atoms. The van der Waals surface area contributed by atoms with Crippen molar-refractivity contribution in [3.05, 3.63) is 29.8 Å². The average molecular weight is 258 g/mol. The smallest absolute Gasteiger partial charge is 0.149 e. The monoisotopic (exact) mass is 258 g/mol. The summed E-state index contributed by atoms with van der Waals surface area (Å²) in [6, 6.07) is 7.19. The Morgan fingerprint density at radius 2 is 1.79 bits per heavy atom. The molecular weight excluding hydrogens is 240 g/mol. The van der Waals surface area contributed by atoms with Crippen LogP contribution in [-0.4, -0.2) is 23.0 Å². The van der Waals surface area contributed by atoms with Crippen molar-refractivity contribution in [2.75, 3.05) is 6.54 Å². The Bertz CT molecular complexity index is 621. The van der Waals surface area contributed by atoms with Crippen molar-refractivity contribution in [1.82, 2.24) is 0 Å². The predicted octanol–water partition coefficient (Wildman–Crippen LogP) is 3.00. The van der Waals surface area contributed by atoms with Crippen LogP contribution < -0.4 is 5.73 Å². The number of aliphatic imine (C=N–C) groups is 1. The van der Waals surface area contributed by atoms with Crippen LogP contribution in [-0.2, 0) is 0 Å². The van der Waals surface area contributed by atoms with Gasteiger partial charge in [-0.1, -0.05) is 24.3 Å². The first-order valence-corrected chi connectivity index (χ1v) is 6.32. The minimum Gasteiger partial charge on any atom is -0.507 e. The molecule has 2 rings (SSSR count). The van der Waals surface area contributed by atoms with Gasteiger partial charge in [0.25, 0.3) is 0 Å². The predicted molar refractivity (Wildman–Crippen MR) is 78.5 cm³/mol. The summed E-state index contributed by atoms with van der Waals surface area (Å²) in [5.74, 6) is 0.272. The van der Waals surface area contributed by atoms with Crippen molar-refractivity contribution in [3.63, 3.8) is 0 Å². The number of nitrogens with two attached hydrogens (primary N) is 1. The van der Waals surface area contributed by atoms with Gasteiger partial charge >= 0.3 is 0 Å². The molecule has 100 valence electrons. The zero-order valence-corrected chi connectivity index (χ0v) is 10.9. The van der Waals surface area contributed by atoms with Crippen LogP contribution in [0.1, 0.15) is 18.4 Å². The second-order valence-electron chi connectivity index (χ2n) is 4.46. The minimum absolute atomic E-state index is 0.106. The van der Waals surface area contributed by atoms with Gasteiger partial charge in [-0.3, -0.25) is 4.99 Å². The summed E-state index contributed by atoms with van der Waals surface area (Å²) in [6.45, 7) is 2.36. The number of hydrogen-bond acceptors (Lipinski definition) is 4. The van der Waals surface area contributed by atoms with Crippen LogP contribution in [0.4, 0.5) is 5.69 Å². The van der Waals surface area contributed by atoms with E-state index in [-0.39, 0.29) is 11.5 Å². The molecule has 0 saturated heterocycles. The molecule has 0 fully saturated rings. The number of phenolic OH excluding ortho intramolecular Hbond substituents is 2. The highest BCUT2D eigenvalue weighted by Crippen LogP contribution is 2.43. The average Bonchev–Trinajstić information content (AvgIpc) is 2.44. The third-order valence-corrected chi connectivity index (χ3v) is 3.13. The third-order valence-electron chi connectivity index (χ3n) is 3.13. The molecule has 4 N–H and O–H groups in total. The van der Waals surface area contributed by atoms with Crippen LogP contribution in [0.25, 0.3) is 10.8 Å². The molecule has 2 aromatic carbocycles. The molecule has 0 aliphatic rings. The van der Waals surface area contributed by atoms with E-state index in [9.17, 15) is 10.2 Å². The number of phenols is 2. The lowest BCUT2D eigenvalue weighted by Gasteiger charge is -2.10. The topological polar surface area (TPSA) is 78.8 Å². The van der Waals surface area contributed by atoms with Crippen LogP contribution in [0.2, 0.25) is 0 Å². The first kappa shape index (κ1) is 13.4. The molecule has 4 nitrogen and oxygen atoms in total. The van der Waals surface area contributed by atoms with Gasteiger partial charge in [-0.2, -0.15) is 0 Å². The summed E-state index contributed by atoms with van der Waals surface area (Å²) >= 11 is 0. The van der Waals surface area contributed by atoms with Gasteiger partial charge < -0.3 is 15.9 Å². The van der Waals surface area contributed by atoms with E-state index >= 15 is 0 Å². The van der Waals surface area contributed by atoms with Gasteiger partial charge in [0.2, 0.25) is 0 Å². The number of fused-ring (bicyclic) bond motifs is 1. The summed E-state index contributed by atoms with van der Waals surface area (Å²) in [6.07, 6.45) is 3.33. The van der Waals surface area contributed by atoms with Gasteiger partial charge in [0, 0.05) is 22.6 Å². The Morgan fingerprint density at radius 1 is 1.16 bits per heavy atom. The number of rotatable bonds is 4. The van der Waals surface area contributed by atoms with Crippen LogP contribution in [0.3, 0.4) is 0 Å². The maximum atomic E-state index is 10.3. The van der Waals surface area contributed by atoms with E-state index in [4.69, 9.17) is 5.73 Å². The van der Waals surface area contributed by atoms with E-state index in [1.807, 2.05) is 12.1 Å². The van der Waals surface area contributed by atoms with Gasteiger partial charge in [0.1, 0.15) is 17.2 Å². The highest BCUT2D eigenvalue weighted by molar-refractivity contribution is 5.99. The maximum absolute atomic E-state index is 10.3. The second-order valence-corrected chi connectivity index (χ2v) is 4.46. The largest absolute Gasteiger partial charge is 0.507 e. The first-order valence-electron chi connectivity index (χ1n) is 6.32. The first-order chi connectivity index (χ1) is 9.16. The summed E-state index contributed by atoms with van der Waals surface area (Å²) in [5, 5.41) is 21.7. The van der Waals surface area contributed by atoms with E-state index in [1.54, 1.807) is 25.3 Å². The van der Waals surface area contributed by atoms with Crippen molar-refractivity contribution in [3.8, 4) is 11.5 Å². The number of aromatic hydroxyl groups is 2. The fraction of sp³-hybridized carbons (Fsp3) is 0.267. The highest BCUT2D eigenvalue weighted by Gasteiger charge is 2.14. The van der Waals surface area contributed by atoms with Crippen LogP contribution in [0.5, 0.6) is 11.5 Å². The fourth-order valence-electron chi connectivity index (χ4n) is 2.04. The Kier molecular flexibility index (Phi) is 4.02. The highest BCUT2D eigenvalue weighted by atomic mass is 16.3. The molecule has 0 radical (unpaired) electrons. The lowest BCUT2D eigenvalue weighted by molar-refractivity contribution is 0.467. The normalized spacial score (nSPS) is 11.5. The number of nitrogens with zero attached hydrogens (tertiary/aromatic N) is 1. The maximum Gasteiger partial charge on any atom is 0.149 e. The Labute approximate surface area is 112 Å². The van der Waals surface area contributed by atoms with E-state index < -0.39 is 0 Å². The lowest BCUT2D eigenvalue weighted by atomic mass is 10.0. The molecule has 0 heterocycles. The van der Waals surface area contributed by atoms with Crippen molar-refractivity contribution in [2.24, 2.45) is 10.7 Å². The number of hydrogen-bond donors (Lipinski definition) is 3. The van der Waals surface area contributed by atoms with Gasteiger partial charge in [-0.25, -0.2) is 0 Å². The molecule has 4 heteroatoms. The van der Waals surface area contributed by atoms with Gasteiger partial charge in [0.15, 0.2) is 0 Å². The summed E-state index contributed by atoms with van der Waals surface area (Å²) in [5.41, 5.74) is 6.42. The molecule has 0 saturated carbocycles. The SMILES string of the molecule is Cc1c(N=CCCCN)c(O)c2ccccc2c1O. The van der Waals surface area contributed by atoms with Crippen molar-refractivity contribution >= 4 is 22.7 Å². The Balaban J connectivity index is 2.52. The molecule has 0 bridgehead atoms. The Morgan fingerprint density at radius 3 is 2.42 bits per heavy atom. The molecule has 0 amide bonds. The van der Waals surface area contributed by atoms with E-state index in [1.165, 1.54) is 0 Å². The molecule has 19 heavy (non-hydrogen) atoms. The molecule has 2 aromatic rings. The zero-order valence-electron chi connectivity index (χ0n) is 10.9. The van der Waals surface area contributed by atoms with Gasteiger partial charge in [-0.15, -0.1) is 0 Å². The number of unbranched alkanes of at least 4 members (excludes halogenated alkanes) is 1. The van der Waals surface area contributed by atoms with Crippen molar-refractivity contribution in [1.29, 1.82) is 0 Å². The van der Waals surface area contributed by atoms with Crippen molar-refractivity contribution in [2.45, 2.75) is 19.8 Å². The molecule has 0 unspecified atom stereocenters. The fourth-order valence-corrected chi connectivity index (χ4v) is 2.04. The molecule has 0 aliphatic heterocycles. The standard InChI is InChI=1S/C15H18N2O2/c1-10-13(17-9-5-4-8-16)15(19)12-7-3-2-6-11(12)14(10)18/h2-3,6-7,9,18-19H,4-5,8,16H2,1H3. The summed E-state index contributed by atoms with van der Waals surface area (Å²) in [4.78, 5) is 4.26. The molecular formula is C15H18N2O2. The van der Waals surface area contributed by atoms with E-state index in [0.717, 1.165) is 12.8 Å². The van der Waals surface area contributed by atoms with E-state index in [2.05, 4.69) is 4.99 Å². The van der Waals surface area contributed by atoms with Gasteiger partial charge in [0.05, 0.1) is 0 Å². The van der Waals surface area contributed by atoms with Crippen LogP contribution in [0, 0.1) is 6.92 Å². The molecule has 0 aromatic heterocycles.